The second-order valence-corrected chi connectivity index (χ2v) is 4.90. The smallest absolute Gasteiger partial charge is 0.246 e. The standard InChI is InChI=1S/C12H17N5O2/c1-6(2)11-15-10(13)7(3)12(16-11)17-4-8(18)14-9(19)5-17/h6H,4-5H2,1-3H3,(H2,13,15,16)(H,14,18,19). The van der Waals surface area contributed by atoms with E-state index in [-0.39, 0.29) is 30.8 Å². The number of rotatable bonds is 2. The average Bonchev–Trinajstić information content (AvgIpc) is 2.30. The Bertz CT molecular complexity index is 525. The molecule has 0 bridgehead atoms. The van der Waals surface area contributed by atoms with Gasteiger partial charge in [0.25, 0.3) is 0 Å². The van der Waals surface area contributed by atoms with E-state index >= 15 is 0 Å². The molecule has 0 unspecified atom stereocenters. The van der Waals surface area contributed by atoms with Gasteiger partial charge < -0.3 is 10.6 Å². The van der Waals surface area contributed by atoms with Crippen molar-refractivity contribution >= 4 is 23.5 Å². The van der Waals surface area contributed by atoms with Gasteiger partial charge in [-0.2, -0.15) is 0 Å². The minimum Gasteiger partial charge on any atom is -0.383 e. The van der Waals surface area contributed by atoms with Crippen molar-refractivity contribution in [2.75, 3.05) is 23.7 Å². The number of nitrogens with zero attached hydrogens (tertiary/aromatic N) is 3. The Labute approximate surface area is 111 Å². The largest absolute Gasteiger partial charge is 0.383 e. The average molecular weight is 263 g/mol. The molecule has 102 valence electrons. The molecule has 3 N–H and O–H groups in total. The van der Waals surface area contributed by atoms with Crippen LogP contribution >= 0.6 is 0 Å². The second kappa shape index (κ2) is 4.83. The molecular formula is C12H17N5O2. The first-order valence-corrected chi connectivity index (χ1v) is 6.10. The Kier molecular flexibility index (Phi) is 3.37. The molecule has 0 aliphatic carbocycles. The third-order valence-corrected chi connectivity index (χ3v) is 2.94. The van der Waals surface area contributed by atoms with Crippen molar-refractivity contribution in [3.05, 3.63) is 11.4 Å². The Morgan fingerprint density at radius 3 is 2.32 bits per heavy atom. The molecule has 1 fully saturated rings. The second-order valence-electron chi connectivity index (χ2n) is 4.90. The van der Waals surface area contributed by atoms with Gasteiger partial charge in [0.1, 0.15) is 17.5 Å². The van der Waals surface area contributed by atoms with Crippen LogP contribution in [0.1, 0.15) is 31.2 Å². The molecule has 19 heavy (non-hydrogen) atoms. The van der Waals surface area contributed by atoms with E-state index in [0.29, 0.717) is 23.0 Å². The topological polar surface area (TPSA) is 101 Å². The van der Waals surface area contributed by atoms with Crippen LogP contribution in [0.15, 0.2) is 0 Å². The van der Waals surface area contributed by atoms with Gasteiger partial charge in [-0.05, 0) is 6.92 Å². The lowest BCUT2D eigenvalue weighted by molar-refractivity contribution is -0.130. The normalized spacial score (nSPS) is 15.9. The summed E-state index contributed by atoms with van der Waals surface area (Å²) in [6.45, 7) is 5.90. The van der Waals surface area contributed by atoms with Crippen molar-refractivity contribution in [2.24, 2.45) is 0 Å². The molecule has 1 aromatic heterocycles. The molecular weight excluding hydrogens is 246 g/mol. The molecule has 0 aromatic carbocycles. The number of anilines is 2. The maximum absolute atomic E-state index is 11.4. The highest BCUT2D eigenvalue weighted by molar-refractivity contribution is 6.02. The maximum atomic E-state index is 11.4. The number of piperazine rings is 1. The molecule has 7 heteroatoms. The third-order valence-electron chi connectivity index (χ3n) is 2.94. The number of aromatic nitrogens is 2. The lowest BCUT2D eigenvalue weighted by atomic mass is 10.2. The molecule has 1 aromatic rings. The SMILES string of the molecule is Cc1c(N)nc(C(C)C)nc1N1CC(=O)NC(=O)C1. The number of nitrogens with two attached hydrogens (primary N) is 1. The molecule has 2 heterocycles. The molecule has 1 aliphatic rings. The highest BCUT2D eigenvalue weighted by atomic mass is 16.2. The summed E-state index contributed by atoms with van der Waals surface area (Å²) in [7, 11) is 0. The van der Waals surface area contributed by atoms with Crippen LogP contribution in [0.5, 0.6) is 0 Å². The highest BCUT2D eigenvalue weighted by Gasteiger charge is 2.26. The molecule has 2 amide bonds. The Morgan fingerprint density at radius 2 is 1.79 bits per heavy atom. The van der Waals surface area contributed by atoms with Gasteiger partial charge >= 0.3 is 0 Å². The van der Waals surface area contributed by atoms with Crippen molar-refractivity contribution in [1.82, 2.24) is 15.3 Å². The van der Waals surface area contributed by atoms with Crippen LogP contribution in [0, 0.1) is 6.92 Å². The summed E-state index contributed by atoms with van der Waals surface area (Å²) in [5.74, 6) is 0.997. The van der Waals surface area contributed by atoms with Crippen molar-refractivity contribution in [3.8, 4) is 0 Å². The molecule has 0 saturated carbocycles. The van der Waals surface area contributed by atoms with E-state index in [1.807, 2.05) is 13.8 Å². The highest BCUT2D eigenvalue weighted by Crippen LogP contribution is 2.24. The fraction of sp³-hybridized carbons (Fsp3) is 0.500. The number of imide groups is 1. The molecule has 0 radical (unpaired) electrons. The number of nitrogen functional groups attached to an aromatic ring is 1. The van der Waals surface area contributed by atoms with E-state index in [4.69, 9.17) is 5.73 Å². The quantitative estimate of drug-likeness (QED) is 0.726. The van der Waals surface area contributed by atoms with Gasteiger partial charge in [0.05, 0.1) is 13.1 Å². The molecule has 0 spiro atoms. The van der Waals surface area contributed by atoms with Crippen LogP contribution in [-0.2, 0) is 9.59 Å². The van der Waals surface area contributed by atoms with Gasteiger partial charge in [-0.15, -0.1) is 0 Å². The van der Waals surface area contributed by atoms with E-state index in [2.05, 4.69) is 15.3 Å². The first kappa shape index (κ1) is 13.3. The number of nitrogens with one attached hydrogen (secondary N) is 1. The zero-order valence-corrected chi connectivity index (χ0v) is 11.2. The minimum absolute atomic E-state index is 0.0978. The minimum atomic E-state index is -0.334. The fourth-order valence-corrected chi connectivity index (χ4v) is 1.89. The summed E-state index contributed by atoms with van der Waals surface area (Å²) in [6.07, 6.45) is 0. The fourth-order valence-electron chi connectivity index (χ4n) is 1.89. The van der Waals surface area contributed by atoms with Gasteiger partial charge in [-0.1, -0.05) is 13.8 Å². The molecule has 2 rings (SSSR count). The molecule has 0 atom stereocenters. The van der Waals surface area contributed by atoms with Crippen molar-refractivity contribution < 1.29 is 9.59 Å². The summed E-state index contributed by atoms with van der Waals surface area (Å²) in [4.78, 5) is 33.1. The van der Waals surface area contributed by atoms with Crippen LogP contribution in [0.2, 0.25) is 0 Å². The van der Waals surface area contributed by atoms with Gasteiger partial charge in [-0.3, -0.25) is 14.9 Å². The van der Waals surface area contributed by atoms with Crippen LogP contribution in [0.4, 0.5) is 11.6 Å². The zero-order valence-electron chi connectivity index (χ0n) is 11.2. The van der Waals surface area contributed by atoms with Crippen molar-refractivity contribution in [1.29, 1.82) is 0 Å². The number of amides is 2. The van der Waals surface area contributed by atoms with Crippen molar-refractivity contribution in [2.45, 2.75) is 26.7 Å². The van der Waals surface area contributed by atoms with E-state index < -0.39 is 0 Å². The Hall–Kier alpha value is -2.18. The summed E-state index contributed by atoms with van der Waals surface area (Å²) < 4.78 is 0. The van der Waals surface area contributed by atoms with Crippen LogP contribution in [0.25, 0.3) is 0 Å². The maximum Gasteiger partial charge on any atom is 0.246 e. The summed E-state index contributed by atoms with van der Waals surface area (Å²) in [5, 5.41) is 2.26. The van der Waals surface area contributed by atoms with Crippen LogP contribution in [0.3, 0.4) is 0 Å². The summed E-state index contributed by atoms with van der Waals surface area (Å²) in [6, 6.07) is 0. The van der Waals surface area contributed by atoms with Gasteiger partial charge in [0.15, 0.2) is 0 Å². The predicted octanol–water partition coefficient (Wildman–Crippen LogP) is -0.0466. The Balaban J connectivity index is 2.43. The molecule has 7 nitrogen and oxygen atoms in total. The monoisotopic (exact) mass is 263 g/mol. The van der Waals surface area contributed by atoms with Crippen LogP contribution in [-0.4, -0.2) is 34.9 Å². The van der Waals surface area contributed by atoms with E-state index in [0.717, 1.165) is 0 Å². The number of carbonyl (C=O) groups is 2. The summed E-state index contributed by atoms with van der Waals surface area (Å²) >= 11 is 0. The predicted molar refractivity (Wildman–Crippen MR) is 70.6 cm³/mol. The van der Waals surface area contributed by atoms with E-state index in [1.165, 1.54) is 0 Å². The van der Waals surface area contributed by atoms with E-state index in [9.17, 15) is 9.59 Å². The number of hydrogen-bond acceptors (Lipinski definition) is 6. The third kappa shape index (κ3) is 2.64. The van der Waals surface area contributed by atoms with Gasteiger partial charge in [0, 0.05) is 11.5 Å². The molecule has 1 aliphatic heterocycles. The lowest BCUT2D eigenvalue weighted by Crippen LogP contribution is -2.52. The van der Waals surface area contributed by atoms with Gasteiger partial charge in [0.2, 0.25) is 11.8 Å². The van der Waals surface area contributed by atoms with E-state index in [1.54, 1.807) is 11.8 Å². The number of hydrogen-bond donors (Lipinski definition) is 2. The van der Waals surface area contributed by atoms with Gasteiger partial charge in [-0.25, -0.2) is 9.97 Å². The lowest BCUT2D eigenvalue weighted by Gasteiger charge is -2.28. The molecule has 1 saturated heterocycles. The number of carbonyl (C=O) groups excluding carboxylic acids is 2. The summed E-state index contributed by atoms with van der Waals surface area (Å²) in [5.41, 5.74) is 6.56. The zero-order chi connectivity index (χ0) is 14.2. The first-order chi connectivity index (χ1) is 8.88. The Morgan fingerprint density at radius 1 is 1.21 bits per heavy atom. The van der Waals surface area contributed by atoms with Crippen molar-refractivity contribution in [3.63, 3.8) is 0 Å². The van der Waals surface area contributed by atoms with Crippen LogP contribution < -0.4 is 16.0 Å². The first-order valence-electron chi connectivity index (χ1n) is 6.10.